The number of aromatic nitrogens is 2. The number of fused-ring (bicyclic) bond motifs is 1. The van der Waals surface area contributed by atoms with Crippen LogP contribution >= 0.6 is 0 Å². The quantitative estimate of drug-likeness (QED) is 0.834. The van der Waals surface area contributed by atoms with Crippen LogP contribution in [-0.2, 0) is 17.6 Å². The molecule has 1 aromatic heterocycles. The fourth-order valence-corrected chi connectivity index (χ4v) is 2.70. The van der Waals surface area contributed by atoms with E-state index < -0.39 is 0 Å². The fourth-order valence-electron chi connectivity index (χ4n) is 2.70. The van der Waals surface area contributed by atoms with Crippen molar-refractivity contribution in [1.29, 1.82) is 0 Å². The molecule has 1 amide bonds. The van der Waals surface area contributed by atoms with Gasteiger partial charge in [0.15, 0.2) is 0 Å². The summed E-state index contributed by atoms with van der Waals surface area (Å²) in [4.78, 5) is 19.9. The number of hydrogen-bond acceptors (Lipinski definition) is 3. The molecule has 2 N–H and O–H groups in total. The highest BCUT2D eigenvalue weighted by Gasteiger charge is 2.26. The molecule has 0 aliphatic heterocycles. The minimum Gasteiger partial charge on any atom is -0.487 e. The smallest absolute Gasteiger partial charge is 0.227 e. The van der Waals surface area contributed by atoms with E-state index in [1.807, 2.05) is 24.3 Å². The fraction of sp³-hybridized carbons (Fsp3) is 0.294. The van der Waals surface area contributed by atoms with Crippen molar-refractivity contribution < 1.29 is 9.53 Å². The van der Waals surface area contributed by atoms with Crippen molar-refractivity contribution in [2.45, 2.75) is 19.3 Å². The number of imidazole rings is 1. The van der Waals surface area contributed by atoms with Crippen molar-refractivity contribution >= 4 is 11.6 Å². The van der Waals surface area contributed by atoms with Gasteiger partial charge in [-0.25, -0.2) is 4.98 Å². The summed E-state index contributed by atoms with van der Waals surface area (Å²) in [6.07, 6.45) is 5.74. The second-order valence-corrected chi connectivity index (χ2v) is 5.35. The van der Waals surface area contributed by atoms with Crippen molar-refractivity contribution in [3.63, 3.8) is 0 Å². The lowest BCUT2D eigenvalue weighted by Crippen LogP contribution is -2.28. The molecule has 1 aromatic carbocycles. The van der Waals surface area contributed by atoms with Crippen LogP contribution < -0.4 is 10.1 Å². The molecule has 0 fully saturated rings. The van der Waals surface area contributed by atoms with Crippen molar-refractivity contribution in [2.24, 2.45) is 5.92 Å². The second-order valence-electron chi connectivity index (χ2n) is 5.35. The molecule has 0 saturated carbocycles. The lowest BCUT2D eigenvalue weighted by molar-refractivity contribution is -0.120. The average molecular weight is 297 g/mol. The number of para-hydroxylation sites is 2. The van der Waals surface area contributed by atoms with E-state index in [4.69, 9.17) is 4.74 Å². The molecule has 0 radical (unpaired) electrons. The summed E-state index contributed by atoms with van der Waals surface area (Å²) in [5, 5.41) is 2.98. The number of ether oxygens (including phenoxy) is 1. The van der Waals surface area contributed by atoms with Crippen LogP contribution in [0, 0.1) is 5.92 Å². The number of benzene rings is 1. The van der Waals surface area contributed by atoms with Gasteiger partial charge in [0.1, 0.15) is 12.4 Å². The summed E-state index contributed by atoms with van der Waals surface area (Å²) in [5.74, 6) is 0.643. The number of rotatable bonds is 5. The Hall–Kier alpha value is -2.56. The topological polar surface area (TPSA) is 67.0 Å². The van der Waals surface area contributed by atoms with Crippen molar-refractivity contribution in [3.8, 4) is 5.75 Å². The number of nitrogens with one attached hydrogen (secondary N) is 2. The Morgan fingerprint density at radius 1 is 1.50 bits per heavy atom. The maximum atomic E-state index is 12.5. The number of aryl methyl sites for hydroxylation is 1. The first-order chi connectivity index (χ1) is 10.8. The van der Waals surface area contributed by atoms with Crippen molar-refractivity contribution in [3.05, 3.63) is 54.6 Å². The zero-order valence-electron chi connectivity index (χ0n) is 12.3. The summed E-state index contributed by atoms with van der Waals surface area (Å²) in [6, 6.07) is 7.45. The molecule has 5 heteroatoms. The van der Waals surface area contributed by atoms with Gasteiger partial charge in [0.2, 0.25) is 5.91 Å². The number of hydrogen-bond donors (Lipinski definition) is 2. The molecular formula is C17H19N3O2. The van der Waals surface area contributed by atoms with Crippen LogP contribution in [0.25, 0.3) is 0 Å². The maximum Gasteiger partial charge on any atom is 0.227 e. The van der Waals surface area contributed by atoms with Crippen LogP contribution in [-0.4, -0.2) is 22.5 Å². The van der Waals surface area contributed by atoms with E-state index in [1.54, 1.807) is 12.4 Å². The molecule has 2 aromatic rings. The molecule has 3 rings (SSSR count). The maximum absolute atomic E-state index is 12.5. The summed E-state index contributed by atoms with van der Waals surface area (Å²) in [6.45, 7) is 4.04. The number of anilines is 1. The van der Waals surface area contributed by atoms with Gasteiger partial charge in [-0.1, -0.05) is 24.8 Å². The Bertz CT molecular complexity index is 678. The van der Waals surface area contributed by atoms with E-state index in [-0.39, 0.29) is 11.8 Å². The lowest BCUT2D eigenvalue weighted by Gasteiger charge is -2.21. The molecule has 5 nitrogen and oxygen atoms in total. The lowest BCUT2D eigenvalue weighted by atomic mass is 9.89. The number of aromatic amines is 1. The third-order valence-corrected chi connectivity index (χ3v) is 3.86. The van der Waals surface area contributed by atoms with Crippen LogP contribution in [0.3, 0.4) is 0 Å². The summed E-state index contributed by atoms with van der Waals surface area (Å²) >= 11 is 0. The normalized spacial score (nSPS) is 16.6. The highest BCUT2D eigenvalue weighted by molar-refractivity contribution is 5.94. The van der Waals surface area contributed by atoms with E-state index in [2.05, 4.69) is 21.9 Å². The van der Waals surface area contributed by atoms with E-state index in [0.717, 1.165) is 24.2 Å². The van der Waals surface area contributed by atoms with Gasteiger partial charge < -0.3 is 15.0 Å². The Morgan fingerprint density at radius 3 is 3.23 bits per heavy atom. The molecule has 22 heavy (non-hydrogen) atoms. The molecule has 1 atom stereocenters. The van der Waals surface area contributed by atoms with Crippen LogP contribution in [0.1, 0.15) is 17.8 Å². The molecule has 1 aliphatic carbocycles. The van der Waals surface area contributed by atoms with E-state index in [1.165, 1.54) is 0 Å². The Labute approximate surface area is 129 Å². The Balaban J connectivity index is 1.68. The number of H-pyrrole nitrogens is 1. The van der Waals surface area contributed by atoms with Crippen molar-refractivity contribution in [1.82, 2.24) is 9.97 Å². The van der Waals surface area contributed by atoms with E-state index in [0.29, 0.717) is 24.5 Å². The van der Waals surface area contributed by atoms with Crippen LogP contribution in [0.5, 0.6) is 5.75 Å². The molecular weight excluding hydrogens is 278 g/mol. The van der Waals surface area contributed by atoms with Gasteiger partial charge in [-0.3, -0.25) is 4.79 Å². The molecule has 0 bridgehead atoms. The minimum atomic E-state index is -0.0413. The van der Waals surface area contributed by atoms with Gasteiger partial charge in [0.25, 0.3) is 0 Å². The van der Waals surface area contributed by atoms with Crippen molar-refractivity contribution in [2.75, 3.05) is 11.9 Å². The standard InChI is InChI=1S/C17H19N3O2/c1-2-9-22-16-6-4-3-5-14(16)20-17(21)12-7-8-13-15(10-12)19-11-18-13/h2-6,11-12H,1,7-10H2,(H,18,19)(H,20,21). The molecule has 1 heterocycles. The third kappa shape index (κ3) is 3.03. The first-order valence-electron chi connectivity index (χ1n) is 7.42. The van der Waals surface area contributed by atoms with Gasteiger partial charge in [0, 0.05) is 18.0 Å². The van der Waals surface area contributed by atoms with E-state index in [9.17, 15) is 4.79 Å². The Kier molecular flexibility index (Phi) is 4.23. The zero-order valence-corrected chi connectivity index (χ0v) is 12.3. The molecule has 1 aliphatic rings. The van der Waals surface area contributed by atoms with Crippen LogP contribution in [0.4, 0.5) is 5.69 Å². The molecule has 114 valence electrons. The number of amides is 1. The van der Waals surface area contributed by atoms with Gasteiger partial charge in [-0.2, -0.15) is 0 Å². The number of carbonyl (C=O) groups is 1. The average Bonchev–Trinajstić information content (AvgIpc) is 3.01. The summed E-state index contributed by atoms with van der Waals surface area (Å²) < 4.78 is 5.57. The summed E-state index contributed by atoms with van der Waals surface area (Å²) in [7, 11) is 0. The van der Waals surface area contributed by atoms with Crippen LogP contribution in [0.15, 0.2) is 43.2 Å². The molecule has 1 unspecified atom stereocenters. The van der Waals surface area contributed by atoms with Gasteiger partial charge in [-0.05, 0) is 25.0 Å². The third-order valence-electron chi connectivity index (χ3n) is 3.86. The Morgan fingerprint density at radius 2 is 2.36 bits per heavy atom. The first kappa shape index (κ1) is 14.4. The van der Waals surface area contributed by atoms with Crippen LogP contribution in [0.2, 0.25) is 0 Å². The molecule has 0 spiro atoms. The highest BCUT2D eigenvalue weighted by Crippen LogP contribution is 2.27. The predicted molar refractivity (Wildman–Crippen MR) is 84.9 cm³/mol. The number of carbonyl (C=O) groups excluding carboxylic acids is 1. The predicted octanol–water partition coefficient (Wildman–Crippen LogP) is 2.72. The summed E-state index contributed by atoms with van der Waals surface area (Å²) in [5.41, 5.74) is 2.85. The minimum absolute atomic E-state index is 0.0231. The molecule has 0 saturated heterocycles. The van der Waals surface area contributed by atoms with Gasteiger partial charge >= 0.3 is 0 Å². The second kappa shape index (κ2) is 6.47. The largest absolute Gasteiger partial charge is 0.487 e. The highest BCUT2D eigenvalue weighted by atomic mass is 16.5. The SMILES string of the molecule is C=CCOc1ccccc1NC(=O)C1CCc2nc[nH]c2C1. The van der Waals surface area contributed by atoms with E-state index >= 15 is 0 Å². The monoisotopic (exact) mass is 297 g/mol. The van der Waals surface area contributed by atoms with Gasteiger partial charge in [-0.15, -0.1) is 0 Å². The number of nitrogens with zero attached hydrogens (tertiary/aromatic N) is 1. The zero-order chi connectivity index (χ0) is 15.4. The first-order valence-corrected chi connectivity index (χ1v) is 7.42. The van der Waals surface area contributed by atoms with Gasteiger partial charge in [0.05, 0.1) is 17.7 Å².